The third-order valence-electron chi connectivity index (χ3n) is 5.77. The number of carbonyl (C=O) groups excluding carboxylic acids is 2. The zero-order chi connectivity index (χ0) is 21.7. The molecule has 0 bridgehead atoms. The molecule has 0 radical (unpaired) electrons. The van der Waals surface area contributed by atoms with Gasteiger partial charge < -0.3 is 19.7 Å². The van der Waals surface area contributed by atoms with Crippen LogP contribution in [0.25, 0.3) is 10.4 Å². The lowest BCUT2D eigenvalue weighted by Crippen LogP contribution is -2.63. The number of rotatable bonds is 7. The van der Waals surface area contributed by atoms with Crippen LogP contribution in [0.3, 0.4) is 0 Å². The van der Waals surface area contributed by atoms with Gasteiger partial charge in [-0.3, -0.25) is 9.59 Å². The van der Waals surface area contributed by atoms with Gasteiger partial charge in [0.05, 0.1) is 13.2 Å². The maximum atomic E-state index is 13.2. The highest BCUT2D eigenvalue weighted by Gasteiger charge is 2.46. The van der Waals surface area contributed by atoms with Gasteiger partial charge in [-0.25, -0.2) is 0 Å². The lowest BCUT2D eigenvalue weighted by Gasteiger charge is -2.42. The standard InChI is InChI=1S/C24H28N2O4S/c1-2-11-25-23(28)24(16-18-7-9-19(10-8-18)21-6-4-15-31-21)17-26(12-14-30-24)22(27)20-5-3-13-29-20/h2,4,6-10,15,20H,1,3,5,11-14,16-17H2,(H,25,28)/t20-,24+/m0/s1. The summed E-state index contributed by atoms with van der Waals surface area (Å²) in [6, 6.07) is 12.3. The number of nitrogens with one attached hydrogen (secondary N) is 1. The van der Waals surface area contributed by atoms with Crippen LogP contribution in [-0.2, 0) is 25.5 Å². The van der Waals surface area contributed by atoms with Crippen LogP contribution in [0.1, 0.15) is 18.4 Å². The fourth-order valence-electron chi connectivity index (χ4n) is 4.16. The number of carbonyl (C=O) groups is 2. The van der Waals surface area contributed by atoms with Gasteiger partial charge in [0, 0.05) is 31.0 Å². The molecule has 2 amide bonds. The first-order chi connectivity index (χ1) is 15.1. The van der Waals surface area contributed by atoms with Crippen molar-refractivity contribution < 1.29 is 19.1 Å². The van der Waals surface area contributed by atoms with Crippen LogP contribution < -0.4 is 5.32 Å². The Morgan fingerprint density at radius 1 is 1.26 bits per heavy atom. The number of amides is 2. The summed E-state index contributed by atoms with van der Waals surface area (Å²) in [5, 5.41) is 4.93. The summed E-state index contributed by atoms with van der Waals surface area (Å²) in [4.78, 5) is 29.1. The van der Waals surface area contributed by atoms with Crippen LogP contribution in [0.5, 0.6) is 0 Å². The summed E-state index contributed by atoms with van der Waals surface area (Å²) in [6.45, 7) is 5.63. The van der Waals surface area contributed by atoms with E-state index < -0.39 is 11.7 Å². The van der Waals surface area contributed by atoms with Gasteiger partial charge in [-0.15, -0.1) is 17.9 Å². The number of benzene rings is 1. The number of nitrogens with zero attached hydrogens (tertiary/aromatic N) is 1. The average molecular weight is 441 g/mol. The first kappa shape index (κ1) is 21.7. The Bertz CT molecular complexity index is 906. The fraction of sp³-hybridized carbons (Fsp3) is 0.417. The van der Waals surface area contributed by atoms with Gasteiger partial charge in [0.1, 0.15) is 6.10 Å². The number of thiophene rings is 1. The molecule has 2 aliphatic heterocycles. The van der Waals surface area contributed by atoms with Crippen molar-refractivity contribution >= 4 is 23.2 Å². The van der Waals surface area contributed by atoms with E-state index in [1.807, 2.05) is 18.2 Å². The average Bonchev–Trinajstić information content (AvgIpc) is 3.52. The van der Waals surface area contributed by atoms with Crippen molar-refractivity contribution in [3.8, 4) is 10.4 Å². The Kier molecular flexibility index (Phi) is 6.85. The summed E-state index contributed by atoms with van der Waals surface area (Å²) in [6.07, 6.45) is 3.24. The van der Waals surface area contributed by atoms with Crippen molar-refractivity contribution in [3.05, 3.63) is 60.0 Å². The van der Waals surface area contributed by atoms with Crippen LogP contribution >= 0.6 is 11.3 Å². The second-order valence-corrected chi connectivity index (χ2v) is 8.90. The molecule has 6 nitrogen and oxygen atoms in total. The number of ether oxygens (including phenoxy) is 2. The Hall–Kier alpha value is -2.48. The molecule has 2 aliphatic rings. The topological polar surface area (TPSA) is 67.9 Å². The highest BCUT2D eigenvalue weighted by Crippen LogP contribution is 2.29. The predicted octanol–water partition coefficient (Wildman–Crippen LogP) is 3.04. The molecule has 3 heterocycles. The minimum absolute atomic E-state index is 0.0465. The molecule has 164 valence electrons. The number of hydrogen-bond donors (Lipinski definition) is 1. The number of morpholine rings is 1. The Labute approximate surface area is 186 Å². The van der Waals surface area contributed by atoms with Crippen molar-refractivity contribution in [3.63, 3.8) is 0 Å². The monoisotopic (exact) mass is 440 g/mol. The first-order valence-electron chi connectivity index (χ1n) is 10.7. The van der Waals surface area contributed by atoms with Gasteiger partial charge in [0.15, 0.2) is 5.60 Å². The van der Waals surface area contributed by atoms with E-state index in [1.165, 1.54) is 4.88 Å². The largest absolute Gasteiger partial charge is 0.368 e. The van der Waals surface area contributed by atoms with Gasteiger partial charge in [-0.2, -0.15) is 0 Å². The van der Waals surface area contributed by atoms with E-state index in [9.17, 15) is 9.59 Å². The van der Waals surface area contributed by atoms with E-state index in [-0.39, 0.29) is 18.4 Å². The Morgan fingerprint density at radius 3 is 2.77 bits per heavy atom. The van der Waals surface area contributed by atoms with Crippen molar-refractivity contribution in [2.45, 2.75) is 31.0 Å². The summed E-state index contributed by atoms with van der Waals surface area (Å²) < 4.78 is 11.7. The molecule has 0 unspecified atom stereocenters. The Morgan fingerprint density at radius 2 is 2.10 bits per heavy atom. The zero-order valence-electron chi connectivity index (χ0n) is 17.5. The van der Waals surface area contributed by atoms with Crippen molar-refractivity contribution in [2.75, 3.05) is 32.8 Å². The summed E-state index contributed by atoms with van der Waals surface area (Å²) in [7, 11) is 0. The minimum Gasteiger partial charge on any atom is -0.368 e. The molecule has 1 aromatic carbocycles. The van der Waals surface area contributed by atoms with E-state index in [0.29, 0.717) is 32.7 Å². The third kappa shape index (κ3) is 4.89. The molecule has 0 aliphatic carbocycles. The maximum Gasteiger partial charge on any atom is 0.254 e. The van der Waals surface area contributed by atoms with Crippen LogP contribution in [0.15, 0.2) is 54.4 Å². The second kappa shape index (κ2) is 9.77. The summed E-state index contributed by atoms with van der Waals surface area (Å²) >= 11 is 1.69. The molecular formula is C24H28N2O4S. The van der Waals surface area contributed by atoms with E-state index >= 15 is 0 Å². The second-order valence-electron chi connectivity index (χ2n) is 7.95. The summed E-state index contributed by atoms with van der Waals surface area (Å²) in [5.41, 5.74) is 0.990. The molecule has 0 saturated carbocycles. The zero-order valence-corrected chi connectivity index (χ0v) is 18.4. The van der Waals surface area contributed by atoms with Crippen LogP contribution in [-0.4, -0.2) is 61.3 Å². The predicted molar refractivity (Wildman–Crippen MR) is 121 cm³/mol. The van der Waals surface area contributed by atoms with Crippen molar-refractivity contribution in [1.29, 1.82) is 0 Å². The van der Waals surface area contributed by atoms with E-state index in [4.69, 9.17) is 9.47 Å². The molecule has 1 N–H and O–H groups in total. The molecule has 1 aromatic heterocycles. The highest BCUT2D eigenvalue weighted by molar-refractivity contribution is 7.13. The fourth-order valence-corrected chi connectivity index (χ4v) is 4.89. The number of hydrogen-bond acceptors (Lipinski definition) is 5. The molecule has 2 atom stereocenters. The van der Waals surface area contributed by atoms with Gasteiger partial charge in [0.25, 0.3) is 11.8 Å². The minimum atomic E-state index is -1.14. The Balaban J connectivity index is 1.55. The van der Waals surface area contributed by atoms with Crippen LogP contribution in [0.2, 0.25) is 0 Å². The quantitative estimate of drug-likeness (QED) is 0.672. The third-order valence-corrected chi connectivity index (χ3v) is 6.69. The molecular weight excluding hydrogens is 412 g/mol. The molecule has 2 fully saturated rings. The van der Waals surface area contributed by atoms with Gasteiger partial charge in [-0.05, 0) is 35.4 Å². The molecule has 2 aromatic rings. The normalized spacial score (nSPS) is 23.5. The van der Waals surface area contributed by atoms with E-state index in [2.05, 4.69) is 35.5 Å². The maximum absolute atomic E-state index is 13.2. The van der Waals surface area contributed by atoms with Crippen LogP contribution in [0, 0.1) is 0 Å². The van der Waals surface area contributed by atoms with Crippen molar-refractivity contribution in [1.82, 2.24) is 10.2 Å². The van der Waals surface area contributed by atoms with Gasteiger partial charge in [-0.1, -0.05) is 36.4 Å². The van der Waals surface area contributed by atoms with Crippen LogP contribution in [0.4, 0.5) is 0 Å². The van der Waals surface area contributed by atoms with E-state index in [0.717, 1.165) is 24.0 Å². The molecule has 0 spiro atoms. The van der Waals surface area contributed by atoms with Gasteiger partial charge in [0.2, 0.25) is 0 Å². The smallest absolute Gasteiger partial charge is 0.254 e. The van der Waals surface area contributed by atoms with Gasteiger partial charge >= 0.3 is 0 Å². The SMILES string of the molecule is C=CCNC(=O)[C@@]1(Cc2ccc(-c3cccs3)cc2)CN(C(=O)[C@@H]2CCCO2)CCO1. The van der Waals surface area contributed by atoms with E-state index in [1.54, 1.807) is 22.3 Å². The molecule has 31 heavy (non-hydrogen) atoms. The lowest BCUT2D eigenvalue weighted by atomic mass is 9.90. The highest BCUT2D eigenvalue weighted by atomic mass is 32.1. The summed E-state index contributed by atoms with van der Waals surface area (Å²) in [5.74, 6) is -0.269. The lowest BCUT2D eigenvalue weighted by molar-refractivity contribution is -0.169. The first-order valence-corrected chi connectivity index (χ1v) is 11.6. The molecule has 7 heteroatoms. The van der Waals surface area contributed by atoms with Crippen molar-refractivity contribution in [2.24, 2.45) is 0 Å². The molecule has 2 saturated heterocycles. The molecule has 4 rings (SSSR count).